The molecule has 0 aliphatic carbocycles. The van der Waals surface area contributed by atoms with Crippen molar-refractivity contribution in [3.05, 3.63) is 88.8 Å². The maximum atomic E-state index is 11.3. The molecule has 2 aromatic carbocycles. The van der Waals surface area contributed by atoms with Crippen LogP contribution in [0.25, 0.3) is 21.9 Å². The van der Waals surface area contributed by atoms with Crippen LogP contribution >= 0.6 is 11.8 Å². The van der Waals surface area contributed by atoms with Gasteiger partial charge in [0.15, 0.2) is 5.58 Å². The lowest BCUT2D eigenvalue weighted by atomic mass is 10.1. The highest BCUT2D eigenvalue weighted by Crippen LogP contribution is 2.23. The third-order valence-corrected chi connectivity index (χ3v) is 5.50. The van der Waals surface area contributed by atoms with Crippen molar-refractivity contribution in [2.75, 3.05) is 11.6 Å². The van der Waals surface area contributed by atoms with E-state index in [0.29, 0.717) is 16.8 Å². The number of fused-ring (bicyclic) bond motifs is 2. The first kappa shape index (κ1) is 19.0. The molecule has 5 rings (SSSR count). The number of aromatic nitrogens is 3. The van der Waals surface area contributed by atoms with Gasteiger partial charge in [0.1, 0.15) is 11.5 Å². The molecule has 7 heteroatoms. The molecule has 6 nitrogen and oxygen atoms in total. The van der Waals surface area contributed by atoms with Crippen molar-refractivity contribution in [1.29, 1.82) is 0 Å². The van der Waals surface area contributed by atoms with Crippen LogP contribution in [0.3, 0.4) is 0 Å². The fourth-order valence-electron chi connectivity index (χ4n) is 3.22. The Balaban J connectivity index is 1.49. The second kappa shape index (κ2) is 8.01. The molecule has 0 fully saturated rings. The number of nitrogens with zero attached hydrogens (tertiary/aromatic N) is 2. The van der Waals surface area contributed by atoms with Gasteiger partial charge in [-0.05, 0) is 66.8 Å². The van der Waals surface area contributed by atoms with Crippen LogP contribution in [-0.4, -0.2) is 21.2 Å². The van der Waals surface area contributed by atoms with Gasteiger partial charge in [-0.15, -0.1) is 11.8 Å². The van der Waals surface area contributed by atoms with Gasteiger partial charge in [-0.1, -0.05) is 5.92 Å². The Morgan fingerprint density at radius 1 is 1.03 bits per heavy atom. The molecule has 5 aromatic rings. The molecule has 0 atom stereocenters. The van der Waals surface area contributed by atoms with E-state index in [0.717, 1.165) is 27.8 Å². The largest absolute Gasteiger partial charge is 0.417 e. The van der Waals surface area contributed by atoms with E-state index in [-0.39, 0.29) is 0 Å². The van der Waals surface area contributed by atoms with E-state index in [4.69, 9.17) is 4.42 Å². The lowest BCUT2D eigenvalue weighted by Gasteiger charge is -2.08. The topological polar surface area (TPSA) is 83.8 Å². The molecule has 150 valence electrons. The molecule has 0 spiro atoms. The minimum atomic E-state index is -0.480. The van der Waals surface area contributed by atoms with E-state index >= 15 is 0 Å². The van der Waals surface area contributed by atoms with Crippen LogP contribution in [0.5, 0.6) is 0 Å². The SMILES string of the molecule is CSc1ccc(Nc2cc3c(C#Cc4ccc5oc(=O)[nH]c5c4)nccc3cn2)cc1. The molecule has 3 heterocycles. The summed E-state index contributed by atoms with van der Waals surface area (Å²) in [5.74, 6) is 6.50. The summed E-state index contributed by atoms with van der Waals surface area (Å²) in [5, 5.41) is 5.19. The minimum absolute atomic E-state index is 0.480. The Bertz CT molecular complexity index is 1530. The predicted octanol–water partition coefficient (Wildman–Crippen LogP) is 4.93. The van der Waals surface area contributed by atoms with Gasteiger partial charge in [0.2, 0.25) is 0 Å². The van der Waals surface area contributed by atoms with Gasteiger partial charge in [0.25, 0.3) is 0 Å². The monoisotopic (exact) mass is 424 g/mol. The Morgan fingerprint density at radius 3 is 2.74 bits per heavy atom. The third-order valence-electron chi connectivity index (χ3n) is 4.75. The molecule has 0 aliphatic rings. The Morgan fingerprint density at radius 2 is 1.90 bits per heavy atom. The quantitative estimate of drug-likeness (QED) is 0.316. The number of rotatable bonds is 3. The number of benzene rings is 2. The van der Waals surface area contributed by atoms with E-state index in [1.807, 2.05) is 36.5 Å². The smallest absolute Gasteiger partial charge is 0.408 e. The zero-order valence-electron chi connectivity index (χ0n) is 16.5. The van der Waals surface area contributed by atoms with Gasteiger partial charge in [0, 0.05) is 39.3 Å². The summed E-state index contributed by atoms with van der Waals surface area (Å²) in [6.07, 6.45) is 5.58. The minimum Gasteiger partial charge on any atom is -0.408 e. The molecule has 3 aromatic heterocycles. The summed E-state index contributed by atoms with van der Waals surface area (Å²) >= 11 is 1.70. The van der Waals surface area contributed by atoms with Crippen molar-refractivity contribution in [1.82, 2.24) is 15.0 Å². The lowest BCUT2D eigenvalue weighted by molar-refractivity contribution is 0.555. The molecule has 2 N–H and O–H groups in total. The summed E-state index contributed by atoms with van der Waals surface area (Å²) in [7, 11) is 0. The first-order valence-corrected chi connectivity index (χ1v) is 10.7. The van der Waals surface area contributed by atoms with Crippen LogP contribution in [0, 0.1) is 11.8 Å². The molecule has 0 radical (unpaired) electrons. The highest BCUT2D eigenvalue weighted by Gasteiger charge is 2.05. The molecule has 0 saturated heterocycles. The number of nitrogens with one attached hydrogen (secondary N) is 2. The third kappa shape index (κ3) is 4.02. The first-order valence-electron chi connectivity index (χ1n) is 9.49. The van der Waals surface area contributed by atoms with Crippen molar-refractivity contribution in [3.63, 3.8) is 0 Å². The molecule has 0 aliphatic heterocycles. The Kier molecular flexibility index (Phi) is 4.90. The fraction of sp³-hybridized carbons (Fsp3) is 0.0417. The van der Waals surface area contributed by atoms with Crippen molar-refractivity contribution in [2.45, 2.75) is 4.90 Å². The molecular formula is C24H16N4O2S. The zero-order chi connectivity index (χ0) is 21.2. The van der Waals surface area contributed by atoms with Crippen LogP contribution in [0.2, 0.25) is 0 Å². The molecule has 0 amide bonds. The van der Waals surface area contributed by atoms with Crippen LogP contribution in [0.15, 0.2) is 81.1 Å². The van der Waals surface area contributed by atoms with E-state index in [1.54, 1.807) is 30.1 Å². The summed E-state index contributed by atoms with van der Waals surface area (Å²) in [5.41, 5.74) is 3.49. The highest BCUT2D eigenvalue weighted by molar-refractivity contribution is 7.98. The van der Waals surface area contributed by atoms with Gasteiger partial charge >= 0.3 is 5.76 Å². The maximum absolute atomic E-state index is 11.3. The normalized spacial score (nSPS) is 10.7. The first-order chi connectivity index (χ1) is 15.2. The number of pyridine rings is 2. The average Bonchev–Trinajstić information content (AvgIpc) is 3.17. The number of thioether (sulfide) groups is 1. The predicted molar refractivity (Wildman–Crippen MR) is 124 cm³/mol. The summed E-state index contributed by atoms with van der Waals surface area (Å²) in [6, 6.07) is 17.4. The number of anilines is 2. The van der Waals surface area contributed by atoms with E-state index < -0.39 is 5.76 Å². The number of oxazole rings is 1. The van der Waals surface area contributed by atoms with Crippen molar-refractivity contribution < 1.29 is 4.42 Å². The van der Waals surface area contributed by atoms with Gasteiger partial charge in [-0.25, -0.2) is 14.8 Å². The maximum Gasteiger partial charge on any atom is 0.417 e. The summed E-state index contributed by atoms with van der Waals surface area (Å²) < 4.78 is 5.03. The Hall–Kier alpha value is -4.02. The van der Waals surface area contributed by atoms with Gasteiger partial charge in [0.05, 0.1) is 5.52 Å². The summed E-state index contributed by atoms with van der Waals surface area (Å²) in [4.78, 5) is 24.1. The number of hydrogen-bond acceptors (Lipinski definition) is 6. The van der Waals surface area contributed by atoms with E-state index in [9.17, 15) is 4.79 Å². The molecule has 31 heavy (non-hydrogen) atoms. The number of aromatic amines is 1. The standard InChI is InChI=1S/C24H16N4O2S/c1-31-18-6-4-17(5-7-18)27-23-13-19-16(14-26-23)10-11-25-20(19)8-2-15-3-9-22-21(12-15)28-24(29)30-22/h3-7,9-14H,1H3,(H,26,27)(H,28,29). The number of H-pyrrole nitrogens is 1. The fourth-order valence-corrected chi connectivity index (χ4v) is 3.63. The second-order valence-electron chi connectivity index (χ2n) is 6.78. The lowest BCUT2D eigenvalue weighted by Crippen LogP contribution is -1.95. The van der Waals surface area contributed by atoms with Crippen LogP contribution in [-0.2, 0) is 0 Å². The molecule has 0 saturated carbocycles. The van der Waals surface area contributed by atoms with Crippen LogP contribution < -0.4 is 11.1 Å². The van der Waals surface area contributed by atoms with E-state index in [1.165, 1.54) is 4.90 Å². The Labute approximate surface area is 181 Å². The van der Waals surface area contributed by atoms with Crippen LogP contribution in [0.4, 0.5) is 11.5 Å². The number of hydrogen-bond donors (Lipinski definition) is 2. The van der Waals surface area contributed by atoms with Gasteiger partial charge in [-0.3, -0.25) is 4.98 Å². The van der Waals surface area contributed by atoms with Crippen molar-refractivity contribution in [2.24, 2.45) is 0 Å². The molecular weight excluding hydrogens is 408 g/mol. The van der Waals surface area contributed by atoms with Crippen molar-refractivity contribution >= 4 is 45.1 Å². The molecule has 0 bridgehead atoms. The second-order valence-corrected chi connectivity index (χ2v) is 7.66. The summed E-state index contributed by atoms with van der Waals surface area (Å²) in [6.45, 7) is 0. The molecule has 0 unspecified atom stereocenters. The van der Waals surface area contributed by atoms with Gasteiger partial charge < -0.3 is 9.73 Å². The highest BCUT2D eigenvalue weighted by atomic mass is 32.2. The van der Waals surface area contributed by atoms with E-state index in [2.05, 4.69) is 50.5 Å². The van der Waals surface area contributed by atoms with Gasteiger partial charge in [-0.2, -0.15) is 0 Å². The van der Waals surface area contributed by atoms with Crippen LogP contribution in [0.1, 0.15) is 11.3 Å². The zero-order valence-corrected chi connectivity index (χ0v) is 17.3. The van der Waals surface area contributed by atoms with Crippen molar-refractivity contribution in [3.8, 4) is 11.8 Å². The average molecular weight is 424 g/mol.